The second-order valence-corrected chi connectivity index (χ2v) is 6.27. The van der Waals surface area contributed by atoms with E-state index < -0.39 is 0 Å². The first-order valence-corrected chi connectivity index (χ1v) is 7.88. The van der Waals surface area contributed by atoms with Crippen molar-refractivity contribution in [2.45, 2.75) is 13.5 Å². The molecule has 0 spiro atoms. The molecule has 0 unspecified atom stereocenters. The molecule has 0 aliphatic carbocycles. The lowest BCUT2D eigenvalue weighted by atomic mass is 10.0. The van der Waals surface area contributed by atoms with Crippen molar-refractivity contribution in [1.82, 2.24) is 9.88 Å². The predicted octanol–water partition coefficient (Wildman–Crippen LogP) is 3.52. The van der Waals surface area contributed by atoms with Crippen LogP contribution >= 0.6 is 22.6 Å². The van der Waals surface area contributed by atoms with Crippen molar-refractivity contribution in [3.05, 3.63) is 45.3 Å². The van der Waals surface area contributed by atoms with Crippen molar-refractivity contribution >= 4 is 28.6 Å². The Bertz CT molecular complexity index is 618. The van der Waals surface area contributed by atoms with Crippen LogP contribution in [0.25, 0.3) is 11.1 Å². The van der Waals surface area contributed by atoms with E-state index in [4.69, 9.17) is 4.74 Å². The lowest BCUT2D eigenvalue weighted by molar-refractivity contribution is 0.0527. The maximum Gasteiger partial charge on any atom is 0.340 e. The minimum Gasteiger partial charge on any atom is -0.462 e. The number of aromatic amines is 1. The molecule has 0 saturated carbocycles. The molecule has 0 radical (unpaired) electrons. The summed E-state index contributed by atoms with van der Waals surface area (Å²) in [5, 5.41) is 0. The minimum absolute atomic E-state index is 0.285. The predicted molar refractivity (Wildman–Crippen MR) is 92.3 cm³/mol. The molecular formula is C16H19IN2O2. The van der Waals surface area contributed by atoms with Crippen LogP contribution in [-0.2, 0) is 11.3 Å². The van der Waals surface area contributed by atoms with E-state index in [2.05, 4.69) is 32.5 Å². The zero-order valence-corrected chi connectivity index (χ0v) is 14.6. The summed E-state index contributed by atoms with van der Waals surface area (Å²) in [5.74, 6) is -0.285. The molecule has 1 aromatic heterocycles. The number of ether oxygens (including phenoxy) is 1. The fourth-order valence-electron chi connectivity index (χ4n) is 2.22. The van der Waals surface area contributed by atoms with Gasteiger partial charge >= 0.3 is 5.97 Å². The van der Waals surface area contributed by atoms with Crippen LogP contribution in [0.5, 0.6) is 0 Å². The van der Waals surface area contributed by atoms with Crippen molar-refractivity contribution in [2.75, 3.05) is 20.7 Å². The Balaban J connectivity index is 2.49. The molecule has 4 nitrogen and oxygen atoms in total. The summed E-state index contributed by atoms with van der Waals surface area (Å²) in [6, 6.07) is 8.15. The highest BCUT2D eigenvalue weighted by Crippen LogP contribution is 2.29. The Morgan fingerprint density at radius 1 is 1.29 bits per heavy atom. The van der Waals surface area contributed by atoms with E-state index in [1.54, 1.807) is 6.20 Å². The van der Waals surface area contributed by atoms with Gasteiger partial charge in [0.25, 0.3) is 0 Å². The van der Waals surface area contributed by atoms with Gasteiger partial charge in [-0.15, -0.1) is 0 Å². The molecule has 1 N–H and O–H groups in total. The molecule has 21 heavy (non-hydrogen) atoms. The van der Waals surface area contributed by atoms with E-state index in [0.29, 0.717) is 12.2 Å². The summed E-state index contributed by atoms with van der Waals surface area (Å²) in [5.41, 5.74) is 3.56. The zero-order chi connectivity index (χ0) is 15.4. The summed E-state index contributed by atoms with van der Waals surface area (Å²) in [4.78, 5) is 17.4. The molecule has 0 bridgehead atoms. The number of aromatic nitrogens is 1. The lowest BCUT2D eigenvalue weighted by Crippen LogP contribution is -2.12. The van der Waals surface area contributed by atoms with Crippen molar-refractivity contribution in [2.24, 2.45) is 0 Å². The largest absolute Gasteiger partial charge is 0.462 e. The fourth-order valence-corrected chi connectivity index (χ4v) is 2.58. The van der Waals surface area contributed by atoms with Gasteiger partial charge in [-0.05, 0) is 61.3 Å². The zero-order valence-electron chi connectivity index (χ0n) is 12.4. The Morgan fingerprint density at radius 2 is 1.95 bits per heavy atom. The SMILES string of the molecule is CCOC(=O)c1c[nH]c(CN(C)C)c1-c1ccc(I)cc1. The maximum atomic E-state index is 12.1. The second kappa shape index (κ2) is 7.09. The van der Waals surface area contributed by atoms with Gasteiger partial charge in [-0.25, -0.2) is 4.79 Å². The molecule has 112 valence electrons. The van der Waals surface area contributed by atoms with Gasteiger partial charge < -0.3 is 14.6 Å². The number of H-pyrrole nitrogens is 1. The van der Waals surface area contributed by atoms with Gasteiger partial charge in [0.05, 0.1) is 12.2 Å². The van der Waals surface area contributed by atoms with Gasteiger partial charge in [0.1, 0.15) is 0 Å². The van der Waals surface area contributed by atoms with Gasteiger partial charge in [-0.1, -0.05) is 12.1 Å². The van der Waals surface area contributed by atoms with Crippen molar-refractivity contribution in [1.29, 1.82) is 0 Å². The quantitative estimate of drug-likeness (QED) is 0.619. The van der Waals surface area contributed by atoms with Crippen LogP contribution in [0.1, 0.15) is 23.0 Å². The summed E-state index contributed by atoms with van der Waals surface area (Å²) in [7, 11) is 4.01. The van der Waals surface area contributed by atoms with Crippen LogP contribution in [0.15, 0.2) is 30.5 Å². The molecule has 0 saturated heterocycles. The molecule has 2 rings (SSSR count). The van der Waals surface area contributed by atoms with E-state index >= 15 is 0 Å². The molecule has 0 amide bonds. The van der Waals surface area contributed by atoms with Crippen LogP contribution in [0.2, 0.25) is 0 Å². The minimum atomic E-state index is -0.285. The van der Waals surface area contributed by atoms with Crippen LogP contribution in [-0.4, -0.2) is 36.6 Å². The summed E-state index contributed by atoms with van der Waals surface area (Å²) in [6.07, 6.45) is 1.74. The highest BCUT2D eigenvalue weighted by Gasteiger charge is 2.20. The third-order valence-corrected chi connectivity index (χ3v) is 3.78. The number of esters is 1. The first-order valence-electron chi connectivity index (χ1n) is 6.81. The molecule has 0 atom stereocenters. The van der Waals surface area contributed by atoms with Crippen molar-refractivity contribution < 1.29 is 9.53 Å². The maximum absolute atomic E-state index is 12.1. The number of carbonyl (C=O) groups excluding carboxylic acids is 1. The van der Waals surface area contributed by atoms with Crippen LogP contribution in [0, 0.1) is 3.57 Å². The van der Waals surface area contributed by atoms with Crippen LogP contribution < -0.4 is 0 Å². The summed E-state index contributed by atoms with van der Waals surface area (Å²) in [6.45, 7) is 2.93. The Labute approximate surface area is 138 Å². The number of carbonyl (C=O) groups is 1. The molecule has 2 aromatic rings. The second-order valence-electron chi connectivity index (χ2n) is 5.02. The van der Waals surface area contributed by atoms with E-state index in [9.17, 15) is 4.79 Å². The molecule has 5 heteroatoms. The molecule has 0 aliphatic rings. The Hall–Kier alpha value is -1.34. The van der Waals surface area contributed by atoms with E-state index in [0.717, 1.165) is 23.4 Å². The number of halogens is 1. The standard InChI is InChI=1S/C16H19IN2O2/c1-4-21-16(20)13-9-18-14(10-19(2)3)15(13)11-5-7-12(17)8-6-11/h5-9,18H,4,10H2,1-3H3. The van der Waals surface area contributed by atoms with Gasteiger partial charge in [0.15, 0.2) is 0 Å². The van der Waals surface area contributed by atoms with Crippen LogP contribution in [0.3, 0.4) is 0 Å². The van der Waals surface area contributed by atoms with E-state index in [1.807, 2.05) is 45.3 Å². The molecule has 1 aromatic carbocycles. The van der Waals surface area contributed by atoms with Gasteiger partial charge in [0.2, 0.25) is 0 Å². The monoisotopic (exact) mass is 398 g/mol. The third kappa shape index (κ3) is 3.85. The lowest BCUT2D eigenvalue weighted by Gasteiger charge is -2.12. The highest BCUT2D eigenvalue weighted by molar-refractivity contribution is 14.1. The first kappa shape index (κ1) is 16.0. The third-order valence-electron chi connectivity index (χ3n) is 3.06. The van der Waals surface area contributed by atoms with Crippen molar-refractivity contribution in [3.8, 4) is 11.1 Å². The normalized spacial score (nSPS) is 10.9. The number of hydrogen-bond donors (Lipinski definition) is 1. The molecule has 1 heterocycles. The van der Waals surface area contributed by atoms with Crippen molar-refractivity contribution in [3.63, 3.8) is 0 Å². The van der Waals surface area contributed by atoms with E-state index in [1.165, 1.54) is 3.57 Å². The van der Waals surface area contributed by atoms with Gasteiger partial charge in [-0.2, -0.15) is 0 Å². The van der Waals surface area contributed by atoms with Crippen LogP contribution in [0.4, 0.5) is 0 Å². The Morgan fingerprint density at radius 3 is 2.52 bits per heavy atom. The first-order chi connectivity index (χ1) is 10.0. The number of benzene rings is 1. The molecular weight excluding hydrogens is 379 g/mol. The Kier molecular flexibility index (Phi) is 5.41. The molecule has 0 aliphatic heterocycles. The topological polar surface area (TPSA) is 45.3 Å². The average molecular weight is 398 g/mol. The highest BCUT2D eigenvalue weighted by atomic mass is 127. The van der Waals surface area contributed by atoms with Gasteiger partial charge in [0, 0.05) is 27.6 Å². The fraction of sp³-hybridized carbons (Fsp3) is 0.312. The van der Waals surface area contributed by atoms with Gasteiger partial charge in [-0.3, -0.25) is 0 Å². The number of nitrogens with one attached hydrogen (secondary N) is 1. The summed E-state index contributed by atoms with van der Waals surface area (Å²) >= 11 is 2.27. The molecule has 0 fully saturated rings. The summed E-state index contributed by atoms with van der Waals surface area (Å²) < 4.78 is 6.32. The smallest absolute Gasteiger partial charge is 0.340 e. The van der Waals surface area contributed by atoms with E-state index in [-0.39, 0.29) is 5.97 Å². The number of rotatable bonds is 5. The number of hydrogen-bond acceptors (Lipinski definition) is 3. The average Bonchev–Trinajstić information content (AvgIpc) is 2.83. The number of nitrogens with zero attached hydrogens (tertiary/aromatic N) is 1.